The molecule has 0 unspecified atom stereocenters. The number of ether oxygens (including phenoxy) is 1. The van der Waals surface area contributed by atoms with Gasteiger partial charge >= 0.3 is 12.3 Å². The molecule has 0 aliphatic rings. The third-order valence-electron chi connectivity index (χ3n) is 9.07. The number of hydrogen-bond acceptors (Lipinski definition) is 9. The highest BCUT2D eigenvalue weighted by Crippen LogP contribution is 2.44. The SMILES string of the molecule is COC(=O)N[C@H](C(=O)C[C@H](c1ccc([C@@H](CO)N(CCC(C)(C)C)S(=O)(=O)c2ccc3n[nH]nc3c2)s1)C(F)(F)F)C(c1ccccc1)c1ccccc1. The minimum atomic E-state index is -4.91. The lowest BCUT2D eigenvalue weighted by Crippen LogP contribution is -2.46. The van der Waals surface area contributed by atoms with Crippen molar-refractivity contribution in [2.45, 2.75) is 68.6 Å². The van der Waals surface area contributed by atoms with Crippen molar-refractivity contribution in [3.8, 4) is 0 Å². The topological polar surface area (TPSA) is 155 Å². The number of ketones is 1. The molecule has 0 aliphatic carbocycles. The number of carbonyl (C=O) groups excluding carboxylic acids is 2. The van der Waals surface area contributed by atoms with Crippen molar-refractivity contribution in [1.29, 1.82) is 0 Å². The first-order valence-corrected chi connectivity index (χ1v) is 19.4. The number of rotatable bonds is 15. The summed E-state index contributed by atoms with van der Waals surface area (Å²) in [4.78, 5) is 26.5. The molecule has 3 N–H and O–H groups in total. The number of aromatic amines is 1. The first kappa shape index (κ1) is 40.5. The van der Waals surface area contributed by atoms with Crippen LogP contribution in [0.2, 0.25) is 0 Å². The van der Waals surface area contributed by atoms with E-state index in [0.29, 0.717) is 39.9 Å². The second-order valence-corrected chi connectivity index (χ2v) is 17.1. The lowest BCUT2D eigenvalue weighted by Gasteiger charge is -2.31. The Morgan fingerprint density at radius 2 is 1.50 bits per heavy atom. The summed E-state index contributed by atoms with van der Waals surface area (Å²) in [6.45, 7) is 4.98. The number of Topliss-reactive ketones (excluding diaryl/α,β-unsaturated/α-hetero) is 1. The molecule has 5 rings (SSSR count). The summed E-state index contributed by atoms with van der Waals surface area (Å²) in [6.07, 6.45) is -6.58. The minimum absolute atomic E-state index is 0.0520. The summed E-state index contributed by atoms with van der Waals surface area (Å²) in [6, 6.07) is 21.4. The van der Waals surface area contributed by atoms with Crippen LogP contribution in [0.15, 0.2) is 95.9 Å². The van der Waals surface area contributed by atoms with Crippen LogP contribution in [0.1, 0.15) is 72.4 Å². The molecule has 0 saturated carbocycles. The number of H-pyrrole nitrogens is 1. The van der Waals surface area contributed by atoms with E-state index in [4.69, 9.17) is 4.74 Å². The molecule has 0 radical (unpaired) electrons. The number of thiophene rings is 1. The molecular formula is C38H42F3N5O6S2. The van der Waals surface area contributed by atoms with Crippen LogP contribution >= 0.6 is 11.3 Å². The number of nitrogens with one attached hydrogen (secondary N) is 2. The van der Waals surface area contributed by atoms with Crippen molar-refractivity contribution in [3.05, 3.63) is 112 Å². The number of hydrogen-bond donors (Lipinski definition) is 3. The number of alkyl carbamates (subject to hydrolysis) is 1. The number of benzene rings is 3. The van der Waals surface area contributed by atoms with E-state index in [1.165, 1.54) is 30.3 Å². The maximum Gasteiger partial charge on any atom is 0.407 e. The molecule has 0 spiro atoms. The van der Waals surface area contributed by atoms with Gasteiger partial charge < -0.3 is 15.2 Å². The maximum atomic E-state index is 15.0. The Hall–Kier alpha value is -4.64. The number of sulfonamides is 1. The van der Waals surface area contributed by atoms with Gasteiger partial charge in [-0.3, -0.25) is 4.79 Å². The highest BCUT2D eigenvalue weighted by molar-refractivity contribution is 7.89. The number of halogens is 3. The molecule has 2 aromatic heterocycles. The molecule has 2 heterocycles. The zero-order valence-corrected chi connectivity index (χ0v) is 31.7. The van der Waals surface area contributed by atoms with Crippen LogP contribution in [0.25, 0.3) is 11.0 Å². The highest BCUT2D eigenvalue weighted by Gasteiger charge is 2.46. The van der Waals surface area contributed by atoms with Crippen LogP contribution in [0.4, 0.5) is 18.0 Å². The molecule has 16 heteroatoms. The van der Waals surface area contributed by atoms with Gasteiger partial charge in [-0.2, -0.15) is 32.9 Å². The highest BCUT2D eigenvalue weighted by atomic mass is 32.2. The van der Waals surface area contributed by atoms with Gasteiger partial charge in [0.1, 0.15) is 17.1 Å². The maximum absolute atomic E-state index is 15.0. The van der Waals surface area contributed by atoms with Crippen molar-refractivity contribution in [2.75, 3.05) is 20.3 Å². The van der Waals surface area contributed by atoms with Crippen molar-refractivity contribution in [1.82, 2.24) is 25.0 Å². The van der Waals surface area contributed by atoms with Crippen molar-refractivity contribution < 1.29 is 41.0 Å². The summed E-state index contributed by atoms with van der Waals surface area (Å²) in [5.74, 6) is -4.07. The smallest absolute Gasteiger partial charge is 0.407 e. The minimum Gasteiger partial charge on any atom is -0.453 e. The second kappa shape index (κ2) is 16.8. The van der Waals surface area contributed by atoms with E-state index in [1.54, 1.807) is 60.7 Å². The fraction of sp³-hybridized carbons (Fsp3) is 0.368. The Morgan fingerprint density at radius 1 is 0.907 bits per heavy atom. The predicted octanol–water partition coefficient (Wildman–Crippen LogP) is 7.34. The third kappa shape index (κ3) is 9.53. The van der Waals surface area contributed by atoms with E-state index in [9.17, 15) is 36.3 Å². The van der Waals surface area contributed by atoms with E-state index in [1.807, 2.05) is 20.8 Å². The summed E-state index contributed by atoms with van der Waals surface area (Å²) in [5.41, 5.74) is 1.58. The summed E-state index contributed by atoms with van der Waals surface area (Å²) in [7, 11) is -3.23. The lowest BCUT2D eigenvalue weighted by atomic mass is 9.81. The number of carbonyl (C=O) groups is 2. The van der Waals surface area contributed by atoms with Crippen molar-refractivity contribution >= 4 is 44.3 Å². The molecule has 54 heavy (non-hydrogen) atoms. The first-order chi connectivity index (χ1) is 25.5. The van der Waals surface area contributed by atoms with E-state index >= 15 is 0 Å². The van der Waals surface area contributed by atoms with Gasteiger partial charge in [0, 0.05) is 28.6 Å². The molecule has 5 aromatic rings. The number of aliphatic hydroxyl groups excluding tert-OH is 1. The lowest BCUT2D eigenvalue weighted by molar-refractivity contribution is -0.156. The van der Waals surface area contributed by atoms with Gasteiger partial charge in [0.25, 0.3) is 0 Å². The van der Waals surface area contributed by atoms with Crippen molar-refractivity contribution in [3.63, 3.8) is 0 Å². The van der Waals surface area contributed by atoms with Crippen LogP contribution in [-0.2, 0) is 19.6 Å². The largest absolute Gasteiger partial charge is 0.453 e. The van der Waals surface area contributed by atoms with Gasteiger partial charge in [-0.1, -0.05) is 81.4 Å². The van der Waals surface area contributed by atoms with Crippen LogP contribution in [0.5, 0.6) is 0 Å². The molecule has 1 amide bonds. The second-order valence-electron chi connectivity index (χ2n) is 14.0. The molecule has 0 aliphatic heterocycles. The van der Waals surface area contributed by atoms with Gasteiger partial charge in [-0.05, 0) is 53.3 Å². The zero-order chi connectivity index (χ0) is 39.3. The predicted molar refractivity (Wildman–Crippen MR) is 198 cm³/mol. The van der Waals surface area contributed by atoms with Crippen LogP contribution < -0.4 is 5.32 Å². The van der Waals surface area contributed by atoms with Crippen LogP contribution in [-0.4, -0.2) is 77.6 Å². The van der Waals surface area contributed by atoms with Gasteiger partial charge in [-0.25, -0.2) is 13.2 Å². The number of aliphatic hydroxyl groups is 1. The summed E-state index contributed by atoms with van der Waals surface area (Å²) < 4.78 is 79.3. The molecular weight excluding hydrogens is 744 g/mol. The number of amides is 1. The fourth-order valence-corrected chi connectivity index (χ4v) is 9.13. The monoisotopic (exact) mass is 785 g/mol. The van der Waals surface area contributed by atoms with Gasteiger partial charge in [0.05, 0.1) is 30.6 Å². The fourth-order valence-electron chi connectivity index (χ4n) is 6.20. The number of alkyl halides is 3. The molecule has 0 saturated heterocycles. The Kier molecular flexibility index (Phi) is 12.6. The van der Waals surface area contributed by atoms with Crippen LogP contribution in [0.3, 0.4) is 0 Å². The number of fused-ring (bicyclic) bond motifs is 1. The number of aromatic nitrogens is 3. The molecule has 0 bridgehead atoms. The van der Waals surface area contributed by atoms with E-state index in [-0.39, 0.29) is 26.6 Å². The average molecular weight is 786 g/mol. The average Bonchev–Trinajstić information content (AvgIpc) is 3.81. The van der Waals surface area contributed by atoms with Gasteiger partial charge in [-0.15, -0.1) is 11.3 Å². The van der Waals surface area contributed by atoms with Crippen molar-refractivity contribution in [2.24, 2.45) is 5.41 Å². The normalized spacial score (nSPS) is 14.3. The molecule has 0 fully saturated rings. The Morgan fingerprint density at radius 3 is 2.06 bits per heavy atom. The Labute approximate surface area is 315 Å². The molecule has 11 nitrogen and oxygen atoms in total. The summed E-state index contributed by atoms with van der Waals surface area (Å²) in [5, 5.41) is 23.6. The zero-order valence-electron chi connectivity index (χ0n) is 30.1. The van der Waals surface area contributed by atoms with E-state index < -0.39 is 65.0 Å². The van der Waals surface area contributed by atoms with E-state index in [2.05, 4.69) is 20.7 Å². The Balaban J connectivity index is 1.52. The number of methoxy groups -OCH3 is 1. The van der Waals surface area contributed by atoms with E-state index in [0.717, 1.165) is 11.4 Å². The van der Waals surface area contributed by atoms with Crippen LogP contribution in [0, 0.1) is 5.41 Å². The Bertz CT molecular complexity index is 2100. The quantitative estimate of drug-likeness (QED) is 0.0997. The molecule has 3 aromatic carbocycles. The van der Waals surface area contributed by atoms with Gasteiger partial charge in [0.2, 0.25) is 10.0 Å². The summed E-state index contributed by atoms with van der Waals surface area (Å²) >= 11 is 0.673. The molecule has 3 atom stereocenters. The molecule has 288 valence electrons. The first-order valence-electron chi connectivity index (χ1n) is 17.1. The third-order valence-corrected chi connectivity index (χ3v) is 12.3. The van der Waals surface area contributed by atoms with Gasteiger partial charge in [0.15, 0.2) is 5.78 Å². The number of nitrogens with zero attached hydrogens (tertiary/aromatic N) is 3. The standard InChI is InChI=1S/C38H42F3N5O6S2/c1-37(2,3)19-20-46(54(50,51)26-15-16-28-29(21-26)44-45-43-28)30(23-47)33-18-17-32(53-33)27(38(39,40)41)22-31(48)35(42-36(49)52-4)34(24-11-7-5-8-12-24)25-13-9-6-10-14-25/h5-18,21,27,30,34-35,47H,19-20,22-23H2,1-4H3,(H,42,49)(H,43,44,45)/t27-,30-,35-/m1/s1.